The van der Waals surface area contributed by atoms with E-state index in [1.54, 1.807) is 18.5 Å². The molecule has 0 radical (unpaired) electrons. The Morgan fingerprint density at radius 1 is 1.22 bits per heavy atom. The number of nitrogens with one attached hydrogen (secondary N) is 1. The molecule has 1 N–H and O–H groups in total. The molecule has 3 aromatic rings. The van der Waals surface area contributed by atoms with Crippen LogP contribution < -0.4 is 10.2 Å². The molecule has 0 bridgehead atoms. The molecule has 0 saturated carbocycles. The number of alkyl halides is 3. The fourth-order valence-corrected chi connectivity index (χ4v) is 5.56. The van der Waals surface area contributed by atoms with Gasteiger partial charge in [0.05, 0.1) is 25.3 Å². The number of amides is 1. The summed E-state index contributed by atoms with van der Waals surface area (Å²) in [6, 6.07) is 10.2. The third-order valence-electron chi connectivity index (χ3n) is 7.66. The summed E-state index contributed by atoms with van der Waals surface area (Å²) >= 11 is 0. The van der Waals surface area contributed by atoms with E-state index in [-0.39, 0.29) is 29.1 Å². The maximum absolute atomic E-state index is 14.1. The average Bonchev–Trinajstić information content (AvgIpc) is 3.57. The van der Waals surface area contributed by atoms with E-state index in [4.69, 9.17) is 4.74 Å². The van der Waals surface area contributed by atoms with Crippen LogP contribution in [-0.2, 0) is 36.3 Å². The second-order valence-corrected chi connectivity index (χ2v) is 9.99. The van der Waals surface area contributed by atoms with Gasteiger partial charge in [-0.25, -0.2) is 0 Å². The number of hydrogen-bond donors (Lipinski definition) is 1. The van der Waals surface area contributed by atoms with Gasteiger partial charge in [0.15, 0.2) is 0 Å². The van der Waals surface area contributed by atoms with E-state index in [0.717, 1.165) is 30.8 Å². The predicted molar refractivity (Wildman–Crippen MR) is 126 cm³/mol. The maximum Gasteiger partial charge on any atom is 0.416 e. The molecule has 188 valence electrons. The number of halogens is 3. The molecule has 1 amide bonds. The van der Waals surface area contributed by atoms with Gasteiger partial charge in [0, 0.05) is 36.2 Å². The first-order valence-corrected chi connectivity index (χ1v) is 12.1. The Hall–Kier alpha value is -3.24. The van der Waals surface area contributed by atoms with Crippen LogP contribution in [0.3, 0.4) is 0 Å². The molecule has 0 aliphatic carbocycles. The SMILES string of the molecule is Cn1cnnc1CC1(c2cccc(N3Cc4c(cc(C5CCCN5)cc4C(F)(F)F)C3=O)c2)COC1. The number of ether oxygens (including phenoxy) is 1. The van der Waals surface area contributed by atoms with Crippen molar-refractivity contribution in [2.75, 3.05) is 24.7 Å². The quantitative estimate of drug-likeness (QED) is 0.579. The van der Waals surface area contributed by atoms with E-state index < -0.39 is 17.6 Å². The molecule has 36 heavy (non-hydrogen) atoms. The summed E-state index contributed by atoms with van der Waals surface area (Å²) in [6.45, 7) is 1.63. The molecule has 6 rings (SSSR count). The van der Waals surface area contributed by atoms with Crippen molar-refractivity contribution in [1.82, 2.24) is 20.1 Å². The van der Waals surface area contributed by atoms with Gasteiger partial charge in [-0.15, -0.1) is 10.2 Å². The fraction of sp³-hybridized carbons (Fsp3) is 0.423. The van der Waals surface area contributed by atoms with Crippen LogP contribution in [0.25, 0.3) is 0 Å². The van der Waals surface area contributed by atoms with E-state index in [9.17, 15) is 18.0 Å². The van der Waals surface area contributed by atoms with Crippen LogP contribution in [0.1, 0.15) is 57.3 Å². The Morgan fingerprint density at radius 3 is 2.69 bits per heavy atom. The lowest BCUT2D eigenvalue weighted by molar-refractivity contribution is -0.138. The summed E-state index contributed by atoms with van der Waals surface area (Å²) in [7, 11) is 1.88. The third kappa shape index (κ3) is 3.79. The molecule has 0 spiro atoms. The zero-order valence-electron chi connectivity index (χ0n) is 19.8. The lowest BCUT2D eigenvalue weighted by Crippen LogP contribution is -2.49. The highest BCUT2D eigenvalue weighted by molar-refractivity contribution is 6.10. The van der Waals surface area contributed by atoms with E-state index >= 15 is 0 Å². The largest absolute Gasteiger partial charge is 0.416 e. The highest BCUT2D eigenvalue weighted by Crippen LogP contribution is 2.42. The molecule has 10 heteroatoms. The molecule has 1 atom stereocenters. The maximum atomic E-state index is 14.1. The number of hydrogen-bond acceptors (Lipinski definition) is 5. The van der Waals surface area contributed by atoms with Gasteiger partial charge in [-0.05, 0) is 60.3 Å². The number of benzene rings is 2. The Balaban J connectivity index is 1.35. The van der Waals surface area contributed by atoms with Crippen molar-refractivity contribution in [1.29, 1.82) is 0 Å². The highest BCUT2D eigenvalue weighted by Gasteiger charge is 2.44. The Bertz CT molecular complexity index is 1330. The van der Waals surface area contributed by atoms with Crippen LogP contribution in [0.5, 0.6) is 0 Å². The Labute approximate surface area is 206 Å². The summed E-state index contributed by atoms with van der Waals surface area (Å²) in [4.78, 5) is 14.9. The van der Waals surface area contributed by atoms with Crippen LogP contribution in [0.2, 0.25) is 0 Å². The van der Waals surface area contributed by atoms with Crippen molar-refractivity contribution in [3.63, 3.8) is 0 Å². The summed E-state index contributed by atoms with van der Waals surface area (Å²) < 4.78 is 49.7. The zero-order valence-corrected chi connectivity index (χ0v) is 19.8. The summed E-state index contributed by atoms with van der Waals surface area (Å²) in [6.07, 6.45) is -0.633. The van der Waals surface area contributed by atoms with Crippen LogP contribution in [0.15, 0.2) is 42.7 Å². The van der Waals surface area contributed by atoms with Crippen LogP contribution in [0, 0.1) is 0 Å². The highest BCUT2D eigenvalue weighted by atomic mass is 19.4. The second kappa shape index (κ2) is 8.41. The standard InChI is InChI=1S/C26H26F3N5O2/c1-33-15-31-32-23(33)11-25(13-36-14-25)17-4-2-5-18(10-17)34-12-20-19(24(34)35)8-16(22-6-3-7-30-22)9-21(20)26(27,28)29/h2,4-5,8-10,15,22,30H,3,6-7,11-14H2,1H3. The normalized spacial score (nSPS) is 21.1. The van der Waals surface area contributed by atoms with E-state index in [2.05, 4.69) is 15.5 Å². The molecular weight excluding hydrogens is 471 g/mol. The third-order valence-corrected chi connectivity index (χ3v) is 7.66. The zero-order chi connectivity index (χ0) is 25.1. The first-order chi connectivity index (χ1) is 17.2. The minimum atomic E-state index is -4.54. The van der Waals surface area contributed by atoms with Crippen LogP contribution >= 0.6 is 0 Å². The topological polar surface area (TPSA) is 72.3 Å². The van der Waals surface area contributed by atoms with E-state index in [0.29, 0.717) is 30.9 Å². The molecule has 3 aliphatic heterocycles. The van der Waals surface area contributed by atoms with E-state index in [1.807, 2.05) is 29.8 Å². The molecule has 2 saturated heterocycles. The molecule has 4 heterocycles. The summed E-state index contributed by atoms with van der Waals surface area (Å²) in [5.74, 6) is 0.413. The Kier molecular flexibility index (Phi) is 5.42. The number of carbonyl (C=O) groups is 1. The van der Waals surface area contributed by atoms with Crippen molar-refractivity contribution in [3.05, 3.63) is 76.4 Å². The van der Waals surface area contributed by atoms with Gasteiger partial charge in [-0.3, -0.25) is 4.79 Å². The average molecular weight is 498 g/mol. The lowest BCUT2D eigenvalue weighted by atomic mass is 9.75. The van der Waals surface area contributed by atoms with Crippen LogP contribution in [0.4, 0.5) is 18.9 Å². The summed E-state index contributed by atoms with van der Waals surface area (Å²) in [5.41, 5.74) is 1.19. The number of aryl methyl sites for hydroxylation is 1. The van der Waals surface area contributed by atoms with Gasteiger partial charge in [0.25, 0.3) is 5.91 Å². The molecule has 1 aromatic heterocycles. The monoisotopic (exact) mass is 497 g/mol. The lowest BCUT2D eigenvalue weighted by Gasteiger charge is -2.42. The molecular formula is C26H26F3N5O2. The van der Waals surface area contributed by atoms with Crippen molar-refractivity contribution in [3.8, 4) is 0 Å². The number of aromatic nitrogens is 3. The molecule has 7 nitrogen and oxygen atoms in total. The van der Waals surface area contributed by atoms with Gasteiger partial charge in [0.2, 0.25) is 0 Å². The van der Waals surface area contributed by atoms with Crippen molar-refractivity contribution in [2.45, 2.75) is 43.4 Å². The van der Waals surface area contributed by atoms with Crippen molar-refractivity contribution >= 4 is 11.6 Å². The fourth-order valence-electron chi connectivity index (χ4n) is 5.56. The minimum Gasteiger partial charge on any atom is -0.379 e. The Morgan fingerprint density at radius 2 is 2.06 bits per heavy atom. The van der Waals surface area contributed by atoms with Crippen molar-refractivity contribution in [2.24, 2.45) is 7.05 Å². The molecule has 2 fully saturated rings. The number of fused-ring (bicyclic) bond motifs is 1. The summed E-state index contributed by atoms with van der Waals surface area (Å²) in [5, 5.41) is 11.4. The second-order valence-electron chi connectivity index (χ2n) is 9.99. The number of rotatable bonds is 5. The predicted octanol–water partition coefficient (Wildman–Crippen LogP) is 3.93. The number of anilines is 1. The first kappa shape index (κ1) is 23.2. The first-order valence-electron chi connectivity index (χ1n) is 12.1. The molecule has 2 aromatic carbocycles. The number of carbonyl (C=O) groups excluding carboxylic acids is 1. The van der Waals surface area contributed by atoms with Crippen LogP contribution in [-0.4, -0.2) is 40.4 Å². The minimum absolute atomic E-state index is 0.0421. The number of nitrogens with zero attached hydrogens (tertiary/aromatic N) is 4. The van der Waals surface area contributed by atoms with E-state index in [1.165, 1.54) is 11.0 Å². The smallest absolute Gasteiger partial charge is 0.379 e. The van der Waals surface area contributed by atoms with Gasteiger partial charge in [-0.2, -0.15) is 13.2 Å². The van der Waals surface area contributed by atoms with Gasteiger partial charge >= 0.3 is 6.18 Å². The molecule has 3 aliphatic rings. The molecule has 1 unspecified atom stereocenters. The van der Waals surface area contributed by atoms with Gasteiger partial charge < -0.3 is 19.5 Å². The van der Waals surface area contributed by atoms with Gasteiger partial charge in [-0.1, -0.05) is 12.1 Å². The van der Waals surface area contributed by atoms with Gasteiger partial charge in [0.1, 0.15) is 12.2 Å². The van der Waals surface area contributed by atoms with Crippen molar-refractivity contribution < 1.29 is 22.7 Å².